The van der Waals surface area contributed by atoms with Gasteiger partial charge in [0.25, 0.3) is 0 Å². The van der Waals surface area contributed by atoms with Crippen LogP contribution in [-0.4, -0.2) is 22.0 Å². The van der Waals surface area contributed by atoms with Gasteiger partial charge in [0, 0.05) is 18.2 Å². The minimum absolute atomic E-state index is 0.212. The van der Waals surface area contributed by atoms with E-state index < -0.39 is 34.1 Å². The van der Waals surface area contributed by atoms with Gasteiger partial charge in [0.05, 0.1) is 10.8 Å². The van der Waals surface area contributed by atoms with Gasteiger partial charge in [-0.1, -0.05) is 0 Å². The molecule has 1 fully saturated rings. The minimum atomic E-state index is -1.23. The highest BCUT2D eigenvalue weighted by Crippen LogP contribution is 2.32. The van der Waals surface area contributed by atoms with E-state index in [4.69, 9.17) is 5.11 Å². The maximum absolute atomic E-state index is 13.5. The minimum Gasteiger partial charge on any atom is -0.481 e. The largest absolute Gasteiger partial charge is 0.481 e. The zero-order valence-corrected chi connectivity index (χ0v) is 11.0. The van der Waals surface area contributed by atoms with Crippen LogP contribution >= 0.6 is 0 Å². The van der Waals surface area contributed by atoms with E-state index in [1.165, 1.54) is 0 Å². The maximum Gasteiger partial charge on any atom is 0.327 e. The van der Waals surface area contributed by atoms with Gasteiger partial charge in [-0.3, -0.25) is 14.9 Å². The standard InChI is InChI=1S/C13H14F2N2O4/c14-8-5-10(15)12(17(20)21)11(6-8)16-9-3-1-7(2-4-9)13(18)19/h5-7,9,16H,1-4H2,(H,18,19). The Labute approximate surface area is 118 Å². The lowest BCUT2D eigenvalue weighted by atomic mass is 9.86. The Morgan fingerprint density at radius 1 is 1.29 bits per heavy atom. The van der Waals surface area contributed by atoms with Gasteiger partial charge in [-0.05, 0) is 25.7 Å². The Balaban J connectivity index is 2.13. The van der Waals surface area contributed by atoms with Gasteiger partial charge in [0.15, 0.2) is 0 Å². The normalized spacial score (nSPS) is 21.8. The number of hydrogen-bond donors (Lipinski definition) is 2. The van der Waals surface area contributed by atoms with Crippen LogP contribution in [0.5, 0.6) is 0 Å². The summed E-state index contributed by atoms with van der Waals surface area (Å²) in [6, 6.07) is 1.11. The number of carboxylic acid groups (broad SMARTS) is 1. The van der Waals surface area contributed by atoms with E-state index >= 15 is 0 Å². The van der Waals surface area contributed by atoms with Crippen LogP contribution in [0.4, 0.5) is 20.2 Å². The van der Waals surface area contributed by atoms with Crippen LogP contribution in [0.15, 0.2) is 12.1 Å². The summed E-state index contributed by atoms with van der Waals surface area (Å²) in [5.74, 6) is -3.43. The molecule has 0 unspecified atom stereocenters. The Hall–Kier alpha value is -2.25. The summed E-state index contributed by atoms with van der Waals surface area (Å²) in [4.78, 5) is 20.8. The average molecular weight is 300 g/mol. The van der Waals surface area contributed by atoms with E-state index in [0.29, 0.717) is 31.7 Å². The van der Waals surface area contributed by atoms with Gasteiger partial charge >= 0.3 is 11.7 Å². The van der Waals surface area contributed by atoms with Gasteiger partial charge in [0.1, 0.15) is 11.5 Å². The third kappa shape index (κ3) is 3.45. The summed E-state index contributed by atoms with van der Waals surface area (Å²) in [7, 11) is 0. The molecule has 2 N–H and O–H groups in total. The van der Waals surface area contributed by atoms with Crippen molar-refractivity contribution in [3.05, 3.63) is 33.9 Å². The molecule has 1 aromatic carbocycles. The summed E-state index contributed by atoms with van der Waals surface area (Å²) >= 11 is 0. The number of benzene rings is 1. The molecule has 1 aliphatic rings. The van der Waals surface area contributed by atoms with Crippen LogP contribution in [-0.2, 0) is 4.79 Å². The van der Waals surface area contributed by atoms with Gasteiger partial charge in [0.2, 0.25) is 5.82 Å². The fourth-order valence-corrected chi connectivity index (χ4v) is 2.57. The molecule has 0 heterocycles. The number of hydrogen-bond acceptors (Lipinski definition) is 4. The first kappa shape index (κ1) is 15.1. The van der Waals surface area contributed by atoms with Crippen molar-refractivity contribution in [3.63, 3.8) is 0 Å². The highest BCUT2D eigenvalue weighted by atomic mass is 19.1. The Morgan fingerprint density at radius 3 is 2.43 bits per heavy atom. The second kappa shape index (κ2) is 6.02. The van der Waals surface area contributed by atoms with Crippen molar-refractivity contribution in [1.29, 1.82) is 0 Å². The van der Waals surface area contributed by atoms with Gasteiger partial charge in [-0.25, -0.2) is 4.39 Å². The molecule has 0 aliphatic heterocycles. The number of nitrogens with one attached hydrogen (secondary N) is 1. The number of carbonyl (C=O) groups is 1. The number of nitrogens with zero attached hydrogens (tertiary/aromatic N) is 1. The number of carboxylic acids is 1. The molecule has 0 radical (unpaired) electrons. The second-order valence-corrected chi connectivity index (χ2v) is 5.07. The smallest absolute Gasteiger partial charge is 0.327 e. The number of nitro benzene ring substituents is 1. The van der Waals surface area contributed by atoms with Crippen LogP contribution in [0.2, 0.25) is 0 Å². The lowest BCUT2D eigenvalue weighted by Gasteiger charge is -2.27. The molecule has 0 saturated heterocycles. The van der Waals surface area contributed by atoms with Crippen molar-refractivity contribution >= 4 is 17.3 Å². The molecule has 0 aromatic heterocycles. The predicted molar refractivity (Wildman–Crippen MR) is 70.0 cm³/mol. The Kier molecular flexibility index (Phi) is 4.35. The molecule has 0 bridgehead atoms. The van der Waals surface area contributed by atoms with Gasteiger partial charge in [-0.2, -0.15) is 4.39 Å². The predicted octanol–water partition coefficient (Wildman–Crippen LogP) is 2.93. The highest BCUT2D eigenvalue weighted by Gasteiger charge is 2.28. The molecular weight excluding hydrogens is 286 g/mol. The molecule has 0 spiro atoms. The van der Waals surface area contributed by atoms with E-state index in [0.717, 1.165) is 6.07 Å². The van der Waals surface area contributed by atoms with Crippen LogP contribution in [0.25, 0.3) is 0 Å². The molecule has 1 saturated carbocycles. The molecule has 1 aromatic rings. The summed E-state index contributed by atoms with van der Waals surface area (Å²) in [5.41, 5.74) is -1.01. The summed E-state index contributed by atoms with van der Waals surface area (Å²) < 4.78 is 26.7. The molecule has 114 valence electrons. The van der Waals surface area contributed by atoms with Crippen LogP contribution in [0.1, 0.15) is 25.7 Å². The first-order chi connectivity index (χ1) is 9.88. The van der Waals surface area contributed by atoms with Crippen molar-refractivity contribution in [1.82, 2.24) is 0 Å². The summed E-state index contributed by atoms with van der Waals surface area (Å²) in [6.07, 6.45) is 1.82. The van der Waals surface area contributed by atoms with Crippen LogP contribution in [0.3, 0.4) is 0 Å². The second-order valence-electron chi connectivity index (χ2n) is 5.07. The van der Waals surface area contributed by atoms with Crippen molar-refractivity contribution in [3.8, 4) is 0 Å². The lowest BCUT2D eigenvalue weighted by molar-refractivity contribution is -0.386. The van der Waals surface area contributed by atoms with Crippen LogP contribution in [0, 0.1) is 27.7 Å². The Morgan fingerprint density at radius 2 is 1.90 bits per heavy atom. The molecule has 0 atom stereocenters. The maximum atomic E-state index is 13.5. The monoisotopic (exact) mass is 300 g/mol. The molecule has 2 rings (SSSR count). The number of nitro groups is 1. The van der Waals surface area contributed by atoms with E-state index in [2.05, 4.69) is 5.32 Å². The molecule has 6 nitrogen and oxygen atoms in total. The topological polar surface area (TPSA) is 92.5 Å². The molecular formula is C13H14F2N2O4. The first-order valence-corrected chi connectivity index (χ1v) is 6.51. The van der Waals surface area contributed by atoms with Gasteiger partial charge in [-0.15, -0.1) is 0 Å². The SMILES string of the molecule is O=C(O)C1CCC(Nc2cc(F)cc(F)c2[N+](=O)[O-])CC1. The molecule has 1 aliphatic carbocycles. The third-order valence-corrected chi connectivity index (χ3v) is 3.65. The third-order valence-electron chi connectivity index (χ3n) is 3.65. The summed E-state index contributed by atoms with van der Waals surface area (Å²) in [6.45, 7) is 0. The average Bonchev–Trinajstić information content (AvgIpc) is 2.37. The molecule has 8 heteroatoms. The molecule has 21 heavy (non-hydrogen) atoms. The fraction of sp³-hybridized carbons (Fsp3) is 0.462. The zero-order chi connectivity index (χ0) is 15.6. The van der Waals surface area contributed by atoms with Crippen molar-refractivity contribution < 1.29 is 23.6 Å². The molecule has 0 amide bonds. The summed E-state index contributed by atoms with van der Waals surface area (Å²) in [5, 5.41) is 22.5. The highest BCUT2D eigenvalue weighted by molar-refractivity contribution is 5.70. The van der Waals surface area contributed by atoms with Gasteiger partial charge < -0.3 is 10.4 Å². The van der Waals surface area contributed by atoms with E-state index in [-0.39, 0.29) is 11.7 Å². The van der Waals surface area contributed by atoms with Crippen molar-refractivity contribution in [2.45, 2.75) is 31.7 Å². The van der Waals surface area contributed by atoms with Crippen molar-refractivity contribution in [2.24, 2.45) is 5.92 Å². The lowest BCUT2D eigenvalue weighted by Crippen LogP contribution is -2.29. The number of aliphatic carboxylic acids is 1. The van der Waals surface area contributed by atoms with E-state index in [1.807, 2.05) is 0 Å². The number of rotatable bonds is 4. The Bertz CT molecular complexity index is 572. The fourth-order valence-electron chi connectivity index (χ4n) is 2.57. The van der Waals surface area contributed by atoms with Crippen LogP contribution < -0.4 is 5.32 Å². The van der Waals surface area contributed by atoms with E-state index in [1.54, 1.807) is 0 Å². The first-order valence-electron chi connectivity index (χ1n) is 6.51. The quantitative estimate of drug-likeness (QED) is 0.659. The van der Waals surface area contributed by atoms with E-state index in [9.17, 15) is 23.7 Å². The zero-order valence-electron chi connectivity index (χ0n) is 11.0. The number of halogens is 2. The number of anilines is 1. The van der Waals surface area contributed by atoms with Crippen molar-refractivity contribution in [2.75, 3.05) is 5.32 Å².